The summed E-state index contributed by atoms with van der Waals surface area (Å²) in [5.74, 6) is -1.61. The fourth-order valence-corrected chi connectivity index (χ4v) is 3.33. The number of esters is 1. The van der Waals surface area contributed by atoms with Crippen LogP contribution in [-0.4, -0.2) is 34.2 Å². The van der Waals surface area contributed by atoms with Gasteiger partial charge in [0.15, 0.2) is 0 Å². The van der Waals surface area contributed by atoms with Crippen LogP contribution in [0.2, 0.25) is 5.15 Å². The first-order chi connectivity index (χ1) is 13.5. The maximum Gasteiger partial charge on any atom is 0.326 e. The molecule has 4 rings (SSSR count). The number of rotatable bonds is 4. The summed E-state index contributed by atoms with van der Waals surface area (Å²) in [6.45, 7) is -0.535. The number of imide groups is 1. The van der Waals surface area contributed by atoms with E-state index in [0.29, 0.717) is 16.7 Å². The molecule has 1 aromatic heterocycles. The first-order valence-corrected chi connectivity index (χ1v) is 9.03. The van der Waals surface area contributed by atoms with E-state index in [1.165, 1.54) is 0 Å². The Morgan fingerprint density at radius 2 is 1.86 bits per heavy atom. The van der Waals surface area contributed by atoms with Crippen LogP contribution in [0.5, 0.6) is 0 Å². The van der Waals surface area contributed by atoms with Gasteiger partial charge in [0.05, 0.1) is 11.9 Å². The normalized spacial score (nSPS) is 13.5. The van der Waals surface area contributed by atoms with Crippen molar-refractivity contribution in [3.63, 3.8) is 0 Å². The molecule has 0 unspecified atom stereocenters. The van der Waals surface area contributed by atoms with Crippen LogP contribution < -0.4 is 0 Å². The van der Waals surface area contributed by atoms with Crippen molar-refractivity contribution >= 4 is 40.3 Å². The van der Waals surface area contributed by atoms with E-state index in [-0.39, 0.29) is 18.2 Å². The Morgan fingerprint density at radius 1 is 1.11 bits per heavy atom. The summed E-state index contributed by atoms with van der Waals surface area (Å²) in [4.78, 5) is 42.2. The molecule has 0 radical (unpaired) electrons. The molecule has 0 N–H and O–H groups in total. The standard InChI is InChI=1S/C21H15ClN2O4/c22-20-15(9-14-6-2-4-8-17(14)23-20)12-28-19(26)11-24-18(25)10-13-5-1-3-7-16(13)21(24)27/h1-9H,10-12H2. The largest absolute Gasteiger partial charge is 0.459 e. The summed E-state index contributed by atoms with van der Waals surface area (Å²) in [7, 11) is 0. The molecule has 6 nitrogen and oxygen atoms in total. The molecule has 7 heteroatoms. The minimum absolute atomic E-state index is 0.0790. The lowest BCUT2D eigenvalue weighted by Crippen LogP contribution is -2.45. The average Bonchev–Trinajstić information content (AvgIpc) is 2.69. The van der Waals surface area contributed by atoms with Crippen molar-refractivity contribution in [2.24, 2.45) is 0 Å². The fourth-order valence-electron chi connectivity index (χ4n) is 3.13. The summed E-state index contributed by atoms with van der Waals surface area (Å²) in [5, 5.41) is 1.11. The van der Waals surface area contributed by atoms with Crippen LogP contribution in [0.15, 0.2) is 54.6 Å². The van der Waals surface area contributed by atoms with Crippen LogP contribution in [0.4, 0.5) is 0 Å². The molecule has 3 aromatic rings. The van der Waals surface area contributed by atoms with E-state index in [1.807, 2.05) is 24.3 Å². The van der Waals surface area contributed by atoms with Crippen molar-refractivity contribution in [2.75, 3.05) is 6.54 Å². The zero-order chi connectivity index (χ0) is 19.7. The van der Waals surface area contributed by atoms with E-state index in [0.717, 1.165) is 15.8 Å². The van der Waals surface area contributed by atoms with Gasteiger partial charge in [-0.1, -0.05) is 48.0 Å². The number of halogens is 1. The second kappa shape index (κ2) is 7.40. The highest BCUT2D eigenvalue weighted by Gasteiger charge is 2.32. The number of benzene rings is 2. The Balaban J connectivity index is 1.44. The van der Waals surface area contributed by atoms with E-state index in [4.69, 9.17) is 16.3 Å². The molecule has 0 spiro atoms. The highest BCUT2D eigenvalue weighted by atomic mass is 35.5. The number of pyridine rings is 1. The van der Waals surface area contributed by atoms with E-state index in [1.54, 1.807) is 30.3 Å². The summed E-state index contributed by atoms with van der Waals surface area (Å²) in [6.07, 6.45) is 0.0790. The molecule has 2 aromatic carbocycles. The number of hydrogen-bond acceptors (Lipinski definition) is 5. The Labute approximate surface area is 165 Å². The maximum absolute atomic E-state index is 12.5. The van der Waals surface area contributed by atoms with Crippen molar-refractivity contribution in [3.05, 3.63) is 76.4 Å². The highest BCUT2D eigenvalue weighted by molar-refractivity contribution is 6.30. The Kier molecular flexibility index (Phi) is 4.79. The molecule has 0 aliphatic carbocycles. The number of carbonyl (C=O) groups excluding carboxylic acids is 3. The summed E-state index contributed by atoms with van der Waals surface area (Å²) in [5.41, 5.74) is 2.38. The van der Waals surface area contributed by atoms with Crippen LogP contribution in [0.3, 0.4) is 0 Å². The lowest BCUT2D eigenvalue weighted by atomic mass is 9.98. The third kappa shape index (κ3) is 3.46. The summed E-state index contributed by atoms with van der Waals surface area (Å²) >= 11 is 6.16. The molecule has 140 valence electrons. The zero-order valence-corrected chi connectivity index (χ0v) is 15.5. The molecule has 1 aliphatic heterocycles. The monoisotopic (exact) mass is 394 g/mol. The van der Waals surface area contributed by atoms with Crippen LogP contribution in [-0.2, 0) is 27.4 Å². The van der Waals surface area contributed by atoms with Gasteiger partial charge in [-0.15, -0.1) is 0 Å². The van der Waals surface area contributed by atoms with Crippen molar-refractivity contribution in [3.8, 4) is 0 Å². The zero-order valence-electron chi connectivity index (χ0n) is 14.7. The number of para-hydroxylation sites is 1. The minimum atomic E-state index is -0.690. The van der Waals surface area contributed by atoms with E-state index < -0.39 is 24.3 Å². The van der Waals surface area contributed by atoms with Gasteiger partial charge < -0.3 is 4.74 Å². The van der Waals surface area contributed by atoms with Gasteiger partial charge in [-0.25, -0.2) is 4.98 Å². The second-order valence-corrected chi connectivity index (χ2v) is 6.77. The highest BCUT2D eigenvalue weighted by Crippen LogP contribution is 2.22. The quantitative estimate of drug-likeness (QED) is 0.386. The molecule has 0 saturated carbocycles. The third-order valence-corrected chi connectivity index (χ3v) is 4.89. The molecule has 0 atom stereocenters. The van der Waals surface area contributed by atoms with Gasteiger partial charge in [-0.3, -0.25) is 19.3 Å². The third-order valence-electron chi connectivity index (χ3n) is 4.56. The first kappa shape index (κ1) is 18.1. The fraction of sp³-hybridized carbons (Fsp3) is 0.143. The van der Waals surface area contributed by atoms with Gasteiger partial charge in [-0.05, 0) is 23.8 Å². The number of hydrogen-bond donors (Lipinski definition) is 0. The van der Waals surface area contributed by atoms with Gasteiger partial charge in [-0.2, -0.15) is 0 Å². The Morgan fingerprint density at radius 3 is 2.71 bits per heavy atom. The van der Waals surface area contributed by atoms with Gasteiger partial charge in [0, 0.05) is 16.5 Å². The van der Waals surface area contributed by atoms with E-state index >= 15 is 0 Å². The van der Waals surface area contributed by atoms with Crippen molar-refractivity contribution < 1.29 is 19.1 Å². The topological polar surface area (TPSA) is 76.6 Å². The van der Waals surface area contributed by atoms with Crippen LogP contribution in [0, 0.1) is 0 Å². The summed E-state index contributed by atoms with van der Waals surface area (Å²) < 4.78 is 5.24. The van der Waals surface area contributed by atoms with Crippen molar-refractivity contribution in [2.45, 2.75) is 13.0 Å². The van der Waals surface area contributed by atoms with E-state index in [9.17, 15) is 14.4 Å². The molecule has 28 heavy (non-hydrogen) atoms. The van der Waals surface area contributed by atoms with E-state index in [2.05, 4.69) is 4.98 Å². The molecule has 1 aliphatic rings. The van der Waals surface area contributed by atoms with Crippen LogP contribution in [0.1, 0.15) is 21.5 Å². The number of amides is 2. The molecule has 2 heterocycles. The lowest BCUT2D eigenvalue weighted by molar-refractivity contribution is -0.149. The predicted octanol–water partition coefficient (Wildman–Crippen LogP) is 3.16. The van der Waals surface area contributed by atoms with Gasteiger partial charge in [0.25, 0.3) is 5.91 Å². The Bertz CT molecular complexity index is 1110. The van der Waals surface area contributed by atoms with Crippen molar-refractivity contribution in [1.82, 2.24) is 9.88 Å². The lowest BCUT2D eigenvalue weighted by Gasteiger charge is -2.25. The predicted molar refractivity (Wildman–Crippen MR) is 103 cm³/mol. The molecule has 0 saturated heterocycles. The van der Waals surface area contributed by atoms with Crippen molar-refractivity contribution in [1.29, 1.82) is 0 Å². The molecule has 0 fully saturated rings. The molecule has 2 amide bonds. The maximum atomic E-state index is 12.5. The Hall–Kier alpha value is -3.25. The molecular formula is C21H15ClN2O4. The van der Waals surface area contributed by atoms with Gasteiger partial charge in [0.1, 0.15) is 18.3 Å². The van der Waals surface area contributed by atoms with Crippen LogP contribution >= 0.6 is 11.6 Å². The van der Waals surface area contributed by atoms with Gasteiger partial charge in [0.2, 0.25) is 5.91 Å². The minimum Gasteiger partial charge on any atom is -0.459 e. The van der Waals surface area contributed by atoms with Gasteiger partial charge >= 0.3 is 5.97 Å². The summed E-state index contributed by atoms with van der Waals surface area (Å²) in [6, 6.07) is 16.1. The number of nitrogens with zero attached hydrogens (tertiary/aromatic N) is 2. The second-order valence-electron chi connectivity index (χ2n) is 6.41. The smallest absolute Gasteiger partial charge is 0.326 e. The number of fused-ring (bicyclic) bond motifs is 2. The number of aromatic nitrogens is 1. The number of ether oxygens (including phenoxy) is 1. The number of carbonyl (C=O) groups is 3. The van der Waals surface area contributed by atoms with Crippen LogP contribution in [0.25, 0.3) is 10.9 Å². The first-order valence-electron chi connectivity index (χ1n) is 8.65. The molecular weight excluding hydrogens is 380 g/mol. The SMILES string of the molecule is O=C(CN1C(=O)Cc2ccccc2C1=O)OCc1cc2ccccc2nc1Cl. The average molecular weight is 395 g/mol. The molecule has 0 bridgehead atoms.